The number of likely N-dealkylation sites (N-methyl/N-ethyl adjacent to an activating group) is 1. The van der Waals surface area contributed by atoms with Crippen molar-refractivity contribution in [1.29, 1.82) is 0 Å². The average molecular weight is 380 g/mol. The molecule has 3 rings (SSSR count). The van der Waals surface area contributed by atoms with Gasteiger partial charge in [0.25, 0.3) is 0 Å². The van der Waals surface area contributed by atoms with Gasteiger partial charge in [0.1, 0.15) is 5.75 Å². The van der Waals surface area contributed by atoms with Crippen LogP contribution in [0.5, 0.6) is 5.75 Å². The summed E-state index contributed by atoms with van der Waals surface area (Å²) in [7, 11) is 1.98. The van der Waals surface area contributed by atoms with Gasteiger partial charge >= 0.3 is 0 Å². The molecule has 0 radical (unpaired) electrons. The Morgan fingerprint density at radius 2 is 1.89 bits per heavy atom. The van der Waals surface area contributed by atoms with E-state index < -0.39 is 0 Å². The van der Waals surface area contributed by atoms with Crippen LogP contribution >= 0.6 is 0 Å². The fraction of sp³-hybridized carbons (Fsp3) is 0.348. The second kappa shape index (κ2) is 9.95. The SMILES string of the molecule is CC(C(=O)NCCc1c[nH]c2ccccc12)N(C)CCCOc1ccccc1. The van der Waals surface area contributed by atoms with E-state index in [1.807, 2.05) is 62.6 Å². The molecule has 0 bridgehead atoms. The number of aromatic nitrogens is 1. The van der Waals surface area contributed by atoms with E-state index >= 15 is 0 Å². The highest BCUT2D eigenvalue weighted by atomic mass is 16.5. The Kier molecular flexibility index (Phi) is 7.09. The number of rotatable bonds is 10. The average Bonchev–Trinajstić information content (AvgIpc) is 3.14. The molecular formula is C23H29N3O2. The van der Waals surface area contributed by atoms with Gasteiger partial charge in [-0.1, -0.05) is 36.4 Å². The van der Waals surface area contributed by atoms with Crippen molar-refractivity contribution < 1.29 is 9.53 Å². The molecule has 1 aromatic heterocycles. The summed E-state index contributed by atoms with van der Waals surface area (Å²) in [6, 6.07) is 17.9. The van der Waals surface area contributed by atoms with Crippen LogP contribution in [0.3, 0.4) is 0 Å². The first-order valence-electron chi connectivity index (χ1n) is 9.86. The van der Waals surface area contributed by atoms with E-state index in [0.717, 1.165) is 30.7 Å². The summed E-state index contributed by atoms with van der Waals surface area (Å²) in [5.74, 6) is 0.944. The van der Waals surface area contributed by atoms with Gasteiger partial charge in [0.15, 0.2) is 0 Å². The van der Waals surface area contributed by atoms with Crippen LogP contribution in [-0.4, -0.2) is 48.6 Å². The van der Waals surface area contributed by atoms with Crippen molar-refractivity contribution in [2.75, 3.05) is 26.7 Å². The van der Waals surface area contributed by atoms with Crippen LogP contribution in [0.4, 0.5) is 0 Å². The number of nitrogens with zero attached hydrogens (tertiary/aromatic N) is 1. The van der Waals surface area contributed by atoms with Crippen LogP contribution in [-0.2, 0) is 11.2 Å². The van der Waals surface area contributed by atoms with Crippen LogP contribution in [0.25, 0.3) is 10.9 Å². The van der Waals surface area contributed by atoms with Gasteiger partial charge in [-0.2, -0.15) is 0 Å². The molecule has 0 aliphatic heterocycles. The second-order valence-corrected chi connectivity index (χ2v) is 7.07. The zero-order valence-electron chi connectivity index (χ0n) is 16.7. The summed E-state index contributed by atoms with van der Waals surface area (Å²) in [6.45, 7) is 4.03. The third kappa shape index (κ3) is 5.36. The number of amides is 1. The Balaban J connectivity index is 1.36. The lowest BCUT2D eigenvalue weighted by Gasteiger charge is -2.23. The minimum absolute atomic E-state index is 0.0614. The number of nitrogens with one attached hydrogen (secondary N) is 2. The highest BCUT2D eigenvalue weighted by Crippen LogP contribution is 2.17. The smallest absolute Gasteiger partial charge is 0.237 e. The second-order valence-electron chi connectivity index (χ2n) is 7.07. The number of ether oxygens (including phenoxy) is 1. The van der Waals surface area contributed by atoms with Gasteiger partial charge in [-0.05, 0) is 50.6 Å². The summed E-state index contributed by atoms with van der Waals surface area (Å²) >= 11 is 0. The lowest BCUT2D eigenvalue weighted by Crippen LogP contribution is -2.44. The Morgan fingerprint density at radius 1 is 1.14 bits per heavy atom. The Labute approximate surface area is 166 Å². The molecule has 28 heavy (non-hydrogen) atoms. The van der Waals surface area contributed by atoms with Crippen molar-refractivity contribution in [3.8, 4) is 5.75 Å². The lowest BCUT2D eigenvalue weighted by molar-refractivity contribution is -0.125. The molecule has 0 fully saturated rings. The van der Waals surface area contributed by atoms with Gasteiger partial charge in [0.05, 0.1) is 12.6 Å². The molecule has 1 atom stereocenters. The molecule has 0 spiro atoms. The molecule has 2 aromatic carbocycles. The van der Waals surface area contributed by atoms with Crippen molar-refractivity contribution in [3.05, 3.63) is 66.4 Å². The molecule has 5 heteroatoms. The summed E-state index contributed by atoms with van der Waals surface area (Å²) in [4.78, 5) is 17.8. The van der Waals surface area contributed by atoms with Crippen LogP contribution in [0.1, 0.15) is 18.9 Å². The highest BCUT2D eigenvalue weighted by molar-refractivity contribution is 5.83. The maximum atomic E-state index is 12.4. The third-order valence-electron chi connectivity index (χ3n) is 5.08. The third-order valence-corrected chi connectivity index (χ3v) is 5.08. The predicted molar refractivity (Wildman–Crippen MR) is 114 cm³/mol. The number of carbonyl (C=O) groups is 1. The van der Waals surface area contributed by atoms with Gasteiger partial charge in [-0.15, -0.1) is 0 Å². The number of hydrogen-bond donors (Lipinski definition) is 2. The van der Waals surface area contributed by atoms with Crippen LogP contribution in [0.15, 0.2) is 60.8 Å². The summed E-state index contributed by atoms with van der Waals surface area (Å²) in [6.07, 6.45) is 3.72. The maximum absolute atomic E-state index is 12.4. The standard InChI is InChI=1S/C23H29N3O2/c1-18(26(2)15-8-16-28-20-9-4-3-5-10-20)23(27)24-14-13-19-17-25-22-12-7-6-11-21(19)22/h3-7,9-12,17-18,25H,8,13-16H2,1-2H3,(H,24,27). The Bertz CT molecular complexity index is 876. The van der Waals surface area contributed by atoms with Gasteiger partial charge < -0.3 is 15.0 Å². The van der Waals surface area contributed by atoms with Crippen molar-refractivity contribution in [2.45, 2.75) is 25.8 Å². The minimum Gasteiger partial charge on any atom is -0.494 e. The van der Waals surface area contributed by atoms with Gasteiger partial charge in [-0.3, -0.25) is 9.69 Å². The van der Waals surface area contributed by atoms with Crippen LogP contribution in [0, 0.1) is 0 Å². The first kappa shape index (κ1) is 20.0. The van der Waals surface area contributed by atoms with Crippen molar-refractivity contribution in [2.24, 2.45) is 0 Å². The summed E-state index contributed by atoms with van der Waals surface area (Å²) < 4.78 is 5.71. The van der Waals surface area contributed by atoms with Crippen molar-refractivity contribution in [3.63, 3.8) is 0 Å². The van der Waals surface area contributed by atoms with E-state index in [-0.39, 0.29) is 11.9 Å². The molecule has 0 saturated heterocycles. The number of H-pyrrole nitrogens is 1. The molecule has 1 amide bonds. The van der Waals surface area contributed by atoms with E-state index in [0.29, 0.717) is 13.2 Å². The predicted octanol–water partition coefficient (Wildman–Crippen LogP) is 3.62. The van der Waals surface area contributed by atoms with Crippen LogP contribution < -0.4 is 10.1 Å². The monoisotopic (exact) mass is 379 g/mol. The van der Waals surface area contributed by atoms with Crippen molar-refractivity contribution in [1.82, 2.24) is 15.2 Å². The molecule has 1 unspecified atom stereocenters. The van der Waals surface area contributed by atoms with Crippen molar-refractivity contribution >= 4 is 16.8 Å². The quantitative estimate of drug-likeness (QED) is 0.529. The molecule has 0 saturated carbocycles. The minimum atomic E-state index is -0.167. The summed E-state index contributed by atoms with van der Waals surface area (Å²) in [5.41, 5.74) is 2.37. The first-order valence-corrected chi connectivity index (χ1v) is 9.86. The van der Waals surface area contributed by atoms with Gasteiger partial charge in [0.2, 0.25) is 5.91 Å². The van der Waals surface area contributed by atoms with Gasteiger partial charge in [-0.25, -0.2) is 0 Å². The Morgan fingerprint density at radius 3 is 2.71 bits per heavy atom. The van der Waals surface area contributed by atoms with Crippen LogP contribution in [0.2, 0.25) is 0 Å². The number of aromatic amines is 1. The van der Waals surface area contributed by atoms with E-state index in [1.165, 1.54) is 10.9 Å². The number of fused-ring (bicyclic) bond motifs is 1. The zero-order valence-corrected chi connectivity index (χ0v) is 16.7. The number of benzene rings is 2. The molecule has 5 nitrogen and oxygen atoms in total. The van der Waals surface area contributed by atoms with Gasteiger partial charge in [0, 0.05) is 30.2 Å². The van der Waals surface area contributed by atoms with E-state index in [4.69, 9.17) is 4.74 Å². The number of hydrogen-bond acceptors (Lipinski definition) is 3. The first-order chi connectivity index (χ1) is 13.6. The molecule has 1 heterocycles. The zero-order chi connectivity index (χ0) is 19.8. The highest BCUT2D eigenvalue weighted by Gasteiger charge is 2.17. The number of carbonyl (C=O) groups excluding carboxylic acids is 1. The molecule has 0 aliphatic carbocycles. The molecule has 3 aromatic rings. The lowest BCUT2D eigenvalue weighted by atomic mass is 10.1. The fourth-order valence-electron chi connectivity index (χ4n) is 3.22. The maximum Gasteiger partial charge on any atom is 0.237 e. The summed E-state index contributed by atoms with van der Waals surface area (Å²) in [5, 5.41) is 4.28. The largest absolute Gasteiger partial charge is 0.494 e. The molecule has 148 valence electrons. The molecule has 0 aliphatic rings. The fourth-order valence-corrected chi connectivity index (χ4v) is 3.22. The normalized spacial score (nSPS) is 12.2. The molecule has 2 N–H and O–H groups in total. The van der Waals surface area contributed by atoms with E-state index in [9.17, 15) is 4.79 Å². The topological polar surface area (TPSA) is 57.4 Å². The number of para-hydroxylation sites is 2. The molecular weight excluding hydrogens is 350 g/mol. The van der Waals surface area contributed by atoms with E-state index in [1.54, 1.807) is 0 Å². The van der Waals surface area contributed by atoms with E-state index in [2.05, 4.69) is 27.3 Å². The Hall–Kier alpha value is -2.79.